The Balaban J connectivity index is 1.76. The maximum Gasteiger partial charge on any atom is 0.307 e. The Hall–Kier alpha value is -1.88. The van der Waals surface area contributed by atoms with Crippen LogP contribution in [0.15, 0.2) is 30.7 Å². The zero-order chi connectivity index (χ0) is 14.3. The molecule has 1 saturated carbocycles. The van der Waals surface area contributed by atoms with Gasteiger partial charge in [0.25, 0.3) is 0 Å². The number of nitrogens with zero attached hydrogens (tertiary/aromatic N) is 2. The number of rotatable bonds is 4. The summed E-state index contributed by atoms with van der Waals surface area (Å²) in [6.45, 7) is 0.434. The zero-order valence-corrected chi connectivity index (χ0v) is 11.2. The van der Waals surface area contributed by atoms with Crippen molar-refractivity contribution in [2.24, 2.45) is 5.92 Å². The Labute approximate surface area is 119 Å². The summed E-state index contributed by atoms with van der Waals surface area (Å²) < 4.78 is 14.4. The van der Waals surface area contributed by atoms with Gasteiger partial charge in [-0.05, 0) is 29.5 Å². The summed E-state index contributed by atoms with van der Waals surface area (Å²) in [4.78, 5) is 14.4. The third kappa shape index (κ3) is 2.54. The summed E-state index contributed by atoms with van der Waals surface area (Å²) in [6.07, 6.45) is 3.37. The molecule has 0 amide bonds. The van der Waals surface area contributed by atoms with Crippen LogP contribution in [-0.4, -0.2) is 20.6 Å². The molecule has 0 unspecified atom stereocenters. The van der Waals surface area contributed by atoms with Crippen molar-refractivity contribution in [1.29, 1.82) is 0 Å². The van der Waals surface area contributed by atoms with E-state index in [0.717, 1.165) is 11.1 Å². The van der Waals surface area contributed by atoms with Gasteiger partial charge in [-0.1, -0.05) is 23.7 Å². The van der Waals surface area contributed by atoms with Crippen molar-refractivity contribution >= 4 is 17.6 Å². The molecule has 6 heteroatoms. The molecule has 0 saturated heterocycles. The third-order valence-corrected chi connectivity index (χ3v) is 3.92. The predicted octanol–water partition coefficient (Wildman–Crippen LogP) is 2.91. The summed E-state index contributed by atoms with van der Waals surface area (Å²) in [5, 5.41) is 9.49. The van der Waals surface area contributed by atoms with Crippen LogP contribution in [0.3, 0.4) is 0 Å². The van der Waals surface area contributed by atoms with E-state index in [4.69, 9.17) is 16.7 Å². The molecule has 1 aromatic carbocycles. The van der Waals surface area contributed by atoms with Crippen molar-refractivity contribution in [2.75, 3.05) is 0 Å². The fraction of sp³-hybridized carbons (Fsp3) is 0.286. The smallest absolute Gasteiger partial charge is 0.307 e. The van der Waals surface area contributed by atoms with Gasteiger partial charge in [-0.15, -0.1) is 0 Å². The SMILES string of the molecule is O=C(O)[C@H]1C[C@@H]1c1ccc(Cn2cnc(F)c2)c(Cl)c1. The molecular formula is C14H12ClFN2O2. The van der Waals surface area contributed by atoms with Crippen LogP contribution in [0, 0.1) is 11.9 Å². The molecule has 2 aromatic rings. The van der Waals surface area contributed by atoms with Crippen LogP contribution in [0.4, 0.5) is 4.39 Å². The van der Waals surface area contributed by atoms with E-state index in [-0.39, 0.29) is 11.8 Å². The van der Waals surface area contributed by atoms with E-state index in [1.807, 2.05) is 12.1 Å². The van der Waals surface area contributed by atoms with Gasteiger partial charge in [0.15, 0.2) is 0 Å². The molecule has 1 N–H and O–H groups in total. The minimum atomic E-state index is -0.760. The van der Waals surface area contributed by atoms with Gasteiger partial charge in [-0.25, -0.2) is 4.98 Å². The van der Waals surface area contributed by atoms with Gasteiger partial charge < -0.3 is 9.67 Å². The number of halogens is 2. The molecule has 104 valence electrons. The highest BCUT2D eigenvalue weighted by atomic mass is 35.5. The van der Waals surface area contributed by atoms with Gasteiger partial charge in [0, 0.05) is 5.02 Å². The molecule has 0 radical (unpaired) electrons. The number of benzene rings is 1. The number of carbonyl (C=O) groups is 1. The lowest BCUT2D eigenvalue weighted by Gasteiger charge is -2.07. The van der Waals surface area contributed by atoms with Crippen molar-refractivity contribution < 1.29 is 14.3 Å². The Morgan fingerprint density at radius 2 is 2.35 bits per heavy atom. The summed E-state index contributed by atoms with van der Waals surface area (Å²) in [7, 11) is 0. The molecule has 2 atom stereocenters. The van der Waals surface area contributed by atoms with E-state index < -0.39 is 11.9 Å². The molecule has 20 heavy (non-hydrogen) atoms. The maximum absolute atomic E-state index is 12.8. The lowest BCUT2D eigenvalue weighted by Crippen LogP contribution is -2.00. The molecule has 3 rings (SSSR count). The second-order valence-electron chi connectivity index (χ2n) is 5.01. The molecule has 1 fully saturated rings. The number of aliphatic carboxylic acids is 1. The van der Waals surface area contributed by atoms with Gasteiger partial charge in [0.2, 0.25) is 5.95 Å². The van der Waals surface area contributed by atoms with Gasteiger partial charge in [-0.2, -0.15) is 4.39 Å². The van der Waals surface area contributed by atoms with Gasteiger partial charge in [-0.3, -0.25) is 4.79 Å². The number of imidazole rings is 1. The average Bonchev–Trinajstić information content (AvgIpc) is 3.10. The van der Waals surface area contributed by atoms with E-state index in [1.54, 1.807) is 10.6 Å². The summed E-state index contributed by atoms with van der Waals surface area (Å²) in [5.74, 6) is -1.52. The lowest BCUT2D eigenvalue weighted by molar-refractivity contribution is -0.138. The predicted molar refractivity (Wildman–Crippen MR) is 71.2 cm³/mol. The number of aromatic nitrogens is 2. The summed E-state index contributed by atoms with van der Waals surface area (Å²) in [5.41, 5.74) is 1.79. The number of carboxylic acids is 1. The van der Waals surface area contributed by atoms with E-state index in [9.17, 15) is 9.18 Å². The minimum Gasteiger partial charge on any atom is -0.481 e. The van der Waals surface area contributed by atoms with E-state index in [0.29, 0.717) is 18.0 Å². The first-order valence-corrected chi connectivity index (χ1v) is 6.61. The van der Waals surface area contributed by atoms with E-state index >= 15 is 0 Å². The molecule has 1 heterocycles. The number of carboxylic acid groups (broad SMARTS) is 1. The fourth-order valence-corrected chi connectivity index (χ4v) is 2.62. The van der Waals surface area contributed by atoms with Gasteiger partial charge >= 0.3 is 5.97 Å². The van der Waals surface area contributed by atoms with Crippen LogP contribution in [0.5, 0.6) is 0 Å². The third-order valence-electron chi connectivity index (χ3n) is 3.57. The van der Waals surface area contributed by atoms with Crippen LogP contribution in [0.25, 0.3) is 0 Å². The Bertz CT molecular complexity index is 671. The Morgan fingerprint density at radius 3 is 2.90 bits per heavy atom. The van der Waals surface area contributed by atoms with Crippen LogP contribution in [0.1, 0.15) is 23.5 Å². The molecule has 1 aromatic heterocycles. The largest absolute Gasteiger partial charge is 0.481 e. The molecule has 0 bridgehead atoms. The second kappa shape index (κ2) is 4.90. The Morgan fingerprint density at radius 1 is 1.55 bits per heavy atom. The van der Waals surface area contributed by atoms with E-state index in [2.05, 4.69) is 4.98 Å². The normalized spacial score (nSPS) is 20.9. The first kappa shape index (κ1) is 13.1. The second-order valence-corrected chi connectivity index (χ2v) is 5.41. The standard InChI is InChI=1S/C14H12ClFN2O2/c15-12-3-8(10-4-11(10)14(19)20)1-2-9(12)5-18-6-13(16)17-7-18/h1-3,6-7,10-11H,4-5H2,(H,19,20)/t10-,11+/m1/s1. The highest BCUT2D eigenvalue weighted by Crippen LogP contribution is 2.48. The van der Waals surface area contributed by atoms with Gasteiger partial charge in [0.1, 0.15) is 0 Å². The van der Waals surface area contributed by atoms with Crippen molar-refractivity contribution in [3.8, 4) is 0 Å². The van der Waals surface area contributed by atoms with Crippen LogP contribution in [-0.2, 0) is 11.3 Å². The maximum atomic E-state index is 12.8. The van der Waals surface area contributed by atoms with Crippen molar-refractivity contribution in [2.45, 2.75) is 18.9 Å². The molecule has 1 aliphatic rings. The molecule has 0 spiro atoms. The van der Waals surface area contributed by atoms with Crippen LogP contribution < -0.4 is 0 Å². The molecular weight excluding hydrogens is 283 g/mol. The van der Waals surface area contributed by atoms with Crippen molar-refractivity contribution in [3.63, 3.8) is 0 Å². The average molecular weight is 295 g/mol. The quantitative estimate of drug-likeness (QED) is 0.943. The molecule has 4 nitrogen and oxygen atoms in total. The molecule has 1 aliphatic carbocycles. The minimum absolute atomic E-state index is 0.0599. The Kier molecular flexibility index (Phi) is 3.22. The summed E-state index contributed by atoms with van der Waals surface area (Å²) >= 11 is 6.21. The van der Waals surface area contributed by atoms with E-state index in [1.165, 1.54) is 12.5 Å². The fourth-order valence-electron chi connectivity index (χ4n) is 2.37. The highest BCUT2D eigenvalue weighted by molar-refractivity contribution is 6.31. The lowest BCUT2D eigenvalue weighted by atomic mass is 10.1. The number of hydrogen-bond donors (Lipinski definition) is 1. The monoisotopic (exact) mass is 294 g/mol. The van der Waals surface area contributed by atoms with Crippen LogP contribution in [0.2, 0.25) is 5.02 Å². The first-order valence-electron chi connectivity index (χ1n) is 6.23. The van der Waals surface area contributed by atoms with Crippen LogP contribution >= 0.6 is 11.6 Å². The highest BCUT2D eigenvalue weighted by Gasteiger charge is 2.44. The van der Waals surface area contributed by atoms with Crippen molar-refractivity contribution in [3.05, 3.63) is 52.8 Å². The zero-order valence-electron chi connectivity index (χ0n) is 10.5. The van der Waals surface area contributed by atoms with Crippen molar-refractivity contribution in [1.82, 2.24) is 9.55 Å². The topological polar surface area (TPSA) is 55.1 Å². The molecule has 0 aliphatic heterocycles. The summed E-state index contributed by atoms with van der Waals surface area (Å²) in [6, 6.07) is 5.55. The first-order chi connectivity index (χ1) is 9.54. The number of hydrogen-bond acceptors (Lipinski definition) is 2. The van der Waals surface area contributed by atoms with Gasteiger partial charge in [0.05, 0.1) is 25.0 Å².